The van der Waals surface area contributed by atoms with Crippen LogP contribution in [0.3, 0.4) is 0 Å². The molecule has 3 aromatic rings. The smallest absolute Gasteiger partial charge is 0.229 e. The number of sulfone groups is 1. The highest BCUT2D eigenvalue weighted by Crippen LogP contribution is 2.30. The van der Waals surface area contributed by atoms with E-state index in [4.69, 9.17) is 4.42 Å². The minimum atomic E-state index is -3.12. The maximum absolute atomic E-state index is 12.5. The maximum Gasteiger partial charge on any atom is 0.229 e. The van der Waals surface area contributed by atoms with Gasteiger partial charge in [0.1, 0.15) is 17.2 Å². The summed E-state index contributed by atoms with van der Waals surface area (Å²) in [5.41, 5.74) is 1.18. The van der Waals surface area contributed by atoms with Gasteiger partial charge in [-0.2, -0.15) is 0 Å². The molecule has 4 rings (SSSR count). The van der Waals surface area contributed by atoms with Gasteiger partial charge in [0.05, 0.1) is 23.7 Å². The van der Waals surface area contributed by atoms with Crippen molar-refractivity contribution in [3.05, 3.63) is 42.8 Å². The Morgan fingerprint density at radius 2 is 2.17 bits per heavy atom. The Morgan fingerprint density at radius 3 is 2.88 bits per heavy atom. The van der Waals surface area contributed by atoms with Crippen LogP contribution < -0.4 is 5.32 Å². The summed E-state index contributed by atoms with van der Waals surface area (Å²) in [6.07, 6.45) is 3.67. The number of rotatable bonds is 3. The molecule has 7 nitrogen and oxygen atoms in total. The second kappa shape index (κ2) is 5.48. The fourth-order valence-corrected chi connectivity index (χ4v) is 4.66. The Balaban J connectivity index is 1.73. The lowest BCUT2D eigenvalue weighted by Crippen LogP contribution is -2.24. The minimum Gasteiger partial charge on any atom is -0.463 e. The summed E-state index contributed by atoms with van der Waals surface area (Å²) in [6.45, 7) is 0. The van der Waals surface area contributed by atoms with Crippen LogP contribution in [0.2, 0.25) is 0 Å². The van der Waals surface area contributed by atoms with Gasteiger partial charge in [-0.05, 0) is 30.7 Å². The van der Waals surface area contributed by atoms with Gasteiger partial charge in [-0.3, -0.25) is 9.20 Å². The molecule has 0 bridgehead atoms. The van der Waals surface area contributed by atoms with Gasteiger partial charge in [-0.1, -0.05) is 6.07 Å². The Kier molecular flexibility index (Phi) is 3.42. The van der Waals surface area contributed by atoms with E-state index in [1.165, 1.54) is 6.26 Å². The van der Waals surface area contributed by atoms with Crippen LogP contribution >= 0.6 is 0 Å². The molecule has 4 heterocycles. The maximum atomic E-state index is 12.5. The number of aromatic nitrogens is 2. The fraction of sp³-hybridized carbons (Fsp3) is 0.250. The number of fused-ring (bicyclic) bond motifs is 1. The number of amides is 1. The van der Waals surface area contributed by atoms with Crippen LogP contribution in [0.25, 0.3) is 17.1 Å². The molecule has 0 saturated carbocycles. The standard InChI is InChI=1S/C16H15N3O4S/c20-16(11-6-9-24(21,22)10-11)18-15-14(12-4-3-8-23-12)17-13-5-1-2-7-19(13)15/h1-5,7-8,11H,6,9-10H2,(H,18,20)/t11-/m1/s1. The number of nitrogens with zero attached hydrogens (tertiary/aromatic N) is 2. The van der Waals surface area contributed by atoms with Crippen molar-refractivity contribution in [3.63, 3.8) is 0 Å². The van der Waals surface area contributed by atoms with E-state index in [0.29, 0.717) is 29.3 Å². The molecule has 1 N–H and O–H groups in total. The monoisotopic (exact) mass is 345 g/mol. The molecule has 1 atom stereocenters. The summed E-state index contributed by atoms with van der Waals surface area (Å²) in [7, 11) is -3.12. The molecule has 0 aliphatic carbocycles. The number of pyridine rings is 1. The van der Waals surface area contributed by atoms with Crippen LogP contribution in [0.15, 0.2) is 47.2 Å². The lowest BCUT2D eigenvalue weighted by atomic mass is 10.1. The summed E-state index contributed by atoms with van der Waals surface area (Å²) in [5.74, 6) is 0.126. The first-order valence-corrected chi connectivity index (χ1v) is 9.38. The highest BCUT2D eigenvalue weighted by Gasteiger charge is 2.33. The molecule has 0 unspecified atom stereocenters. The van der Waals surface area contributed by atoms with Gasteiger partial charge in [0.15, 0.2) is 15.6 Å². The molecule has 0 spiro atoms. The van der Waals surface area contributed by atoms with Gasteiger partial charge < -0.3 is 9.73 Å². The first kappa shape index (κ1) is 14.9. The average Bonchev–Trinajstić information content (AvgIpc) is 3.26. The Morgan fingerprint density at radius 1 is 1.29 bits per heavy atom. The van der Waals surface area contributed by atoms with Crippen molar-refractivity contribution < 1.29 is 17.6 Å². The lowest BCUT2D eigenvalue weighted by molar-refractivity contribution is -0.119. The predicted molar refractivity (Wildman–Crippen MR) is 88.3 cm³/mol. The molecule has 3 aromatic heterocycles. The van der Waals surface area contributed by atoms with E-state index in [1.807, 2.05) is 18.2 Å². The van der Waals surface area contributed by atoms with Crippen LogP contribution in [-0.2, 0) is 14.6 Å². The van der Waals surface area contributed by atoms with Gasteiger partial charge in [0, 0.05) is 6.20 Å². The molecule has 24 heavy (non-hydrogen) atoms. The second-order valence-electron chi connectivity index (χ2n) is 5.80. The highest BCUT2D eigenvalue weighted by molar-refractivity contribution is 7.91. The van der Waals surface area contributed by atoms with Gasteiger partial charge in [0.25, 0.3) is 0 Å². The van der Waals surface area contributed by atoms with E-state index in [0.717, 1.165) is 0 Å². The topological polar surface area (TPSA) is 93.7 Å². The number of hydrogen-bond donors (Lipinski definition) is 1. The van der Waals surface area contributed by atoms with E-state index in [1.54, 1.807) is 22.7 Å². The fourth-order valence-electron chi connectivity index (χ4n) is 2.92. The molecule has 0 aromatic carbocycles. The molecule has 1 saturated heterocycles. The van der Waals surface area contributed by atoms with Crippen LogP contribution in [0.5, 0.6) is 0 Å². The zero-order valence-electron chi connectivity index (χ0n) is 12.7. The normalized spacial score (nSPS) is 19.6. The summed E-state index contributed by atoms with van der Waals surface area (Å²) < 4.78 is 30.4. The molecule has 1 aliphatic heterocycles. The van der Waals surface area contributed by atoms with E-state index in [2.05, 4.69) is 10.3 Å². The number of carbonyl (C=O) groups excluding carboxylic acids is 1. The second-order valence-corrected chi connectivity index (χ2v) is 8.03. The highest BCUT2D eigenvalue weighted by atomic mass is 32.2. The van der Waals surface area contributed by atoms with E-state index in [-0.39, 0.29) is 17.4 Å². The average molecular weight is 345 g/mol. The summed E-state index contributed by atoms with van der Waals surface area (Å²) in [4.78, 5) is 17.0. The number of nitrogens with one attached hydrogen (secondary N) is 1. The molecular formula is C16H15N3O4S. The van der Waals surface area contributed by atoms with E-state index in [9.17, 15) is 13.2 Å². The van der Waals surface area contributed by atoms with Crippen molar-refractivity contribution in [1.82, 2.24) is 9.38 Å². The van der Waals surface area contributed by atoms with Gasteiger partial charge in [0.2, 0.25) is 5.91 Å². The van der Waals surface area contributed by atoms with Crippen LogP contribution in [0.1, 0.15) is 6.42 Å². The summed E-state index contributed by atoms with van der Waals surface area (Å²) in [6, 6.07) is 9.01. The quantitative estimate of drug-likeness (QED) is 0.783. The van der Waals surface area contributed by atoms with Crippen molar-refractivity contribution in [1.29, 1.82) is 0 Å². The molecular weight excluding hydrogens is 330 g/mol. The Hall–Kier alpha value is -2.61. The van der Waals surface area contributed by atoms with E-state index < -0.39 is 15.8 Å². The number of anilines is 1. The molecule has 124 valence electrons. The predicted octanol–water partition coefficient (Wildman–Crippen LogP) is 1.97. The molecule has 0 radical (unpaired) electrons. The van der Waals surface area contributed by atoms with Crippen LogP contribution in [-0.4, -0.2) is 35.2 Å². The number of carbonyl (C=O) groups is 1. The third kappa shape index (κ3) is 2.58. The van der Waals surface area contributed by atoms with E-state index >= 15 is 0 Å². The van der Waals surface area contributed by atoms with Gasteiger partial charge >= 0.3 is 0 Å². The van der Waals surface area contributed by atoms with Crippen molar-refractivity contribution in [2.45, 2.75) is 6.42 Å². The molecule has 1 aliphatic rings. The first-order valence-electron chi connectivity index (χ1n) is 7.56. The number of hydrogen-bond acceptors (Lipinski definition) is 5. The SMILES string of the molecule is O=C(Nc1c(-c2ccco2)nc2ccccn12)[C@@H]1CCS(=O)(=O)C1. The molecule has 8 heteroatoms. The molecule has 1 fully saturated rings. The van der Waals surface area contributed by atoms with Crippen LogP contribution in [0, 0.1) is 5.92 Å². The number of imidazole rings is 1. The third-order valence-corrected chi connectivity index (χ3v) is 5.90. The van der Waals surface area contributed by atoms with Crippen LogP contribution in [0.4, 0.5) is 5.82 Å². The van der Waals surface area contributed by atoms with Crippen molar-refractivity contribution in [2.75, 3.05) is 16.8 Å². The molecule has 1 amide bonds. The third-order valence-electron chi connectivity index (χ3n) is 4.13. The summed E-state index contributed by atoms with van der Waals surface area (Å²) >= 11 is 0. The largest absolute Gasteiger partial charge is 0.463 e. The zero-order valence-corrected chi connectivity index (χ0v) is 13.5. The zero-order chi connectivity index (χ0) is 16.7. The van der Waals surface area contributed by atoms with Gasteiger partial charge in [-0.25, -0.2) is 13.4 Å². The minimum absolute atomic E-state index is 0.0588. The van der Waals surface area contributed by atoms with Crippen molar-refractivity contribution in [3.8, 4) is 11.5 Å². The Bertz CT molecular complexity index is 1010. The van der Waals surface area contributed by atoms with Crippen molar-refractivity contribution >= 4 is 27.2 Å². The first-order chi connectivity index (χ1) is 11.5. The lowest BCUT2D eigenvalue weighted by Gasteiger charge is -2.10. The number of furan rings is 1. The van der Waals surface area contributed by atoms with Crippen molar-refractivity contribution in [2.24, 2.45) is 5.92 Å². The van der Waals surface area contributed by atoms with Gasteiger partial charge in [-0.15, -0.1) is 0 Å². The summed E-state index contributed by atoms with van der Waals surface area (Å²) in [5, 5.41) is 2.84. The Labute approximate surface area is 138 Å².